The van der Waals surface area contributed by atoms with Gasteiger partial charge in [-0.3, -0.25) is 24.0 Å². The number of allylic oxidation sites excluding steroid dienone is 1. The van der Waals surface area contributed by atoms with Gasteiger partial charge in [0.15, 0.2) is 22.4 Å². The number of aromatic hydroxyl groups is 1. The fourth-order valence-electron chi connectivity index (χ4n) is 10.9. The van der Waals surface area contributed by atoms with Crippen molar-refractivity contribution in [2.75, 3.05) is 19.0 Å². The molecule has 0 bridgehead atoms. The van der Waals surface area contributed by atoms with E-state index in [0.717, 1.165) is 24.0 Å². The lowest BCUT2D eigenvalue weighted by atomic mass is 9.77. The van der Waals surface area contributed by atoms with Crippen molar-refractivity contribution < 1.29 is 44.7 Å². The standard InChI is InChI=1S/C46H49NO11/c1-20-14-29-28(13-8-22-4-9-24(10-5-22)45(54)55)42(47-17-23-6-11-25(12-7-23)46(56)57)36-30(51)15-26(18-48)33-34-27(19-49)16-31(52)37-39(34)40(35(29)38(33)36)41(32(20)21(2)50)44(58-3)43(37)53/h14-16,22-25,32,47-49,53H,4-13,17-19H2,1-3H3,(H,54,55)(H,56,57). The molecule has 12 heteroatoms. The number of carboxylic acid groups (broad SMARTS) is 2. The van der Waals surface area contributed by atoms with Crippen molar-refractivity contribution in [3.63, 3.8) is 0 Å². The number of carbonyl (C=O) groups is 3. The van der Waals surface area contributed by atoms with Gasteiger partial charge >= 0.3 is 11.9 Å². The normalized spacial score (nSPS) is 22.2. The molecule has 0 heterocycles. The van der Waals surface area contributed by atoms with E-state index < -0.39 is 48.2 Å². The van der Waals surface area contributed by atoms with Crippen molar-refractivity contribution in [3.8, 4) is 11.5 Å². The smallest absolute Gasteiger partial charge is 0.306 e. The molecule has 3 aliphatic carbocycles. The van der Waals surface area contributed by atoms with Gasteiger partial charge in [-0.05, 0) is 146 Å². The van der Waals surface area contributed by atoms with Gasteiger partial charge in [0.05, 0.1) is 48.8 Å². The third-order valence-electron chi connectivity index (χ3n) is 13.7. The monoisotopic (exact) mass is 791 g/mol. The van der Waals surface area contributed by atoms with Crippen molar-refractivity contribution in [1.29, 1.82) is 0 Å². The van der Waals surface area contributed by atoms with Gasteiger partial charge in [0.1, 0.15) is 5.78 Å². The summed E-state index contributed by atoms with van der Waals surface area (Å²) in [5.41, 5.74) is 2.77. The molecule has 2 saturated carbocycles. The molecule has 1 unspecified atom stereocenters. The maximum absolute atomic E-state index is 14.7. The highest BCUT2D eigenvalue weighted by atomic mass is 16.5. The Labute approximate surface area is 333 Å². The predicted molar refractivity (Wildman–Crippen MR) is 221 cm³/mol. The molecular formula is C46H49NO11. The number of aliphatic carboxylic acids is 2. The molecule has 0 aliphatic heterocycles. The third kappa shape index (κ3) is 6.14. The topological polar surface area (TPSA) is 208 Å². The second-order valence-corrected chi connectivity index (χ2v) is 16.9. The fourth-order valence-corrected chi connectivity index (χ4v) is 10.9. The van der Waals surface area contributed by atoms with E-state index in [1.807, 2.05) is 13.0 Å². The lowest BCUT2D eigenvalue weighted by molar-refractivity contribution is -0.144. The molecule has 2 fully saturated rings. The number of rotatable bonds is 12. The van der Waals surface area contributed by atoms with Gasteiger partial charge < -0.3 is 35.6 Å². The highest BCUT2D eigenvalue weighted by Gasteiger charge is 2.37. The van der Waals surface area contributed by atoms with Crippen molar-refractivity contribution >= 4 is 72.6 Å². The van der Waals surface area contributed by atoms with Gasteiger partial charge in [0.2, 0.25) is 0 Å². The van der Waals surface area contributed by atoms with E-state index in [-0.39, 0.29) is 51.2 Å². The van der Waals surface area contributed by atoms with E-state index in [1.165, 1.54) is 26.2 Å². The number of benzene rings is 5. The van der Waals surface area contributed by atoms with Gasteiger partial charge in [-0.15, -0.1) is 0 Å². The molecule has 0 aromatic heterocycles. The summed E-state index contributed by atoms with van der Waals surface area (Å²) in [6.45, 7) is 2.67. The number of fused-ring (bicyclic) bond motifs is 1. The molecule has 12 nitrogen and oxygen atoms in total. The molecule has 0 amide bonds. The van der Waals surface area contributed by atoms with Crippen LogP contribution in [0.2, 0.25) is 0 Å². The first kappa shape index (κ1) is 39.5. The largest absolute Gasteiger partial charge is 0.504 e. The Hall–Kier alpha value is -5.33. The van der Waals surface area contributed by atoms with Crippen molar-refractivity contribution in [2.24, 2.45) is 23.7 Å². The van der Waals surface area contributed by atoms with Crippen LogP contribution >= 0.6 is 0 Å². The SMILES string of the molecule is COc1c(O)c2c(=O)cc(CO)c3c4c(CO)cc(=O)c5c(NCC6CCC(C(=O)O)CC6)c(CCC6CCC(C(=O)O)CC6)c6c(c(c1C(C(C)=O)C(C)=C6)c23)c54. The molecule has 0 radical (unpaired) electrons. The summed E-state index contributed by atoms with van der Waals surface area (Å²) in [5.74, 6) is -3.62. The summed E-state index contributed by atoms with van der Waals surface area (Å²) in [6, 6.07) is 2.66. The molecule has 6 N–H and O–H groups in total. The molecule has 8 rings (SSSR count). The summed E-state index contributed by atoms with van der Waals surface area (Å²) in [4.78, 5) is 66.1. The van der Waals surface area contributed by atoms with Gasteiger partial charge in [-0.1, -0.05) is 11.6 Å². The molecule has 0 spiro atoms. The molecule has 5 aromatic rings. The molecular weight excluding hydrogens is 743 g/mol. The van der Waals surface area contributed by atoms with E-state index in [0.29, 0.717) is 112 Å². The number of nitrogens with one attached hydrogen (secondary N) is 1. The Balaban J connectivity index is 1.50. The van der Waals surface area contributed by atoms with Gasteiger partial charge in [-0.25, -0.2) is 0 Å². The summed E-state index contributed by atoms with van der Waals surface area (Å²) >= 11 is 0. The van der Waals surface area contributed by atoms with E-state index in [2.05, 4.69) is 5.32 Å². The number of hydrogen-bond donors (Lipinski definition) is 6. The number of Topliss-reactive ketones (excluding diaryl/α,β-unsaturated/α-hetero) is 1. The lowest BCUT2D eigenvalue weighted by Crippen LogP contribution is -2.26. The Kier molecular flexibility index (Phi) is 10.3. The highest BCUT2D eigenvalue weighted by molar-refractivity contribution is 6.39. The quantitative estimate of drug-likeness (QED) is 0.0569. The van der Waals surface area contributed by atoms with Crippen LogP contribution in [0.4, 0.5) is 5.69 Å². The minimum absolute atomic E-state index is 0.0312. The number of hydrogen-bond acceptors (Lipinski definition) is 10. The van der Waals surface area contributed by atoms with Crippen molar-refractivity contribution in [3.05, 3.63) is 66.0 Å². The van der Waals surface area contributed by atoms with Crippen LogP contribution in [-0.2, 0) is 34.0 Å². The second kappa shape index (κ2) is 15.1. The van der Waals surface area contributed by atoms with Crippen LogP contribution in [0.1, 0.15) is 105 Å². The first-order valence-corrected chi connectivity index (χ1v) is 20.4. The van der Waals surface area contributed by atoms with Crippen molar-refractivity contribution in [2.45, 2.75) is 97.2 Å². The van der Waals surface area contributed by atoms with Gasteiger partial charge in [0, 0.05) is 28.6 Å². The number of carbonyl (C=O) groups excluding carboxylic acids is 1. The van der Waals surface area contributed by atoms with Gasteiger partial charge in [0.25, 0.3) is 0 Å². The lowest BCUT2D eigenvalue weighted by Gasteiger charge is -2.30. The zero-order valence-electron chi connectivity index (χ0n) is 33.0. The molecule has 1 atom stereocenters. The number of methoxy groups -OCH3 is 1. The first-order valence-electron chi connectivity index (χ1n) is 20.4. The van der Waals surface area contributed by atoms with Gasteiger partial charge in [-0.2, -0.15) is 0 Å². The Morgan fingerprint density at radius 2 is 1.28 bits per heavy atom. The Bertz CT molecular complexity index is 2670. The average molecular weight is 792 g/mol. The molecule has 5 aromatic carbocycles. The minimum Gasteiger partial charge on any atom is -0.504 e. The zero-order valence-corrected chi connectivity index (χ0v) is 33.0. The molecule has 3 aliphatic rings. The maximum atomic E-state index is 14.7. The molecule has 0 saturated heterocycles. The van der Waals surface area contributed by atoms with E-state index >= 15 is 0 Å². The summed E-state index contributed by atoms with van der Waals surface area (Å²) in [7, 11) is 1.37. The third-order valence-corrected chi connectivity index (χ3v) is 13.7. The van der Waals surface area contributed by atoms with Crippen LogP contribution in [0.15, 0.2) is 27.3 Å². The van der Waals surface area contributed by atoms with Crippen LogP contribution in [0.5, 0.6) is 11.5 Å². The van der Waals surface area contributed by atoms with Crippen LogP contribution in [0.25, 0.3) is 49.2 Å². The minimum atomic E-state index is -0.919. The first-order chi connectivity index (χ1) is 27.8. The summed E-state index contributed by atoms with van der Waals surface area (Å²) < 4.78 is 5.88. The van der Waals surface area contributed by atoms with Crippen LogP contribution in [-0.4, -0.2) is 56.9 Å². The maximum Gasteiger partial charge on any atom is 0.306 e. The number of ketones is 1. The second-order valence-electron chi connectivity index (χ2n) is 16.9. The number of phenols is 1. The summed E-state index contributed by atoms with van der Waals surface area (Å²) in [5, 5.41) is 59.7. The number of aliphatic hydroxyl groups excluding tert-OH is 2. The van der Waals surface area contributed by atoms with Crippen LogP contribution < -0.4 is 20.9 Å². The van der Waals surface area contributed by atoms with E-state index in [1.54, 1.807) is 0 Å². The Morgan fingerprint density at radius 1 is 0.741 bits per heavy atom. The van der Waals surface area contributed by atoms with E-state index in [9.17, 15) is 49.5 Å². The van der Waals surface area contributed by atoms with Crippen LogP contribution in [0.3, 0.4) is 0 Å². The number of ether oxygens (including phenoxy) is 1. The van der Waals surface area contributed by atoms with E-state index in [4.69, 9.17) is 4.74 Å². The number of aliphatic hydroxyl groups is 2. The summed E-state index contributed by atoms with van der Waals surface area (Å²) in [6.07, 6.45) is 8.26. The average Bonchev–Trinajstić information content (AvgIpc) is 3.33. The number of anilines is 1. The number of phenolic OH excluding ortho intramolecular Hbond substituents is 1. The fraction of sp³-hybridized carbons (Fsp3) is 0.457. The Morgan fingerprint density at radius 3 is 1.79 bits per heavy atom. The molecule has 58 heavy (non-hydrogen) atoms. The predicted octanol–water partition coefficient (Wildman–Crippen LogP) is 6.81. The van der Waals surface area contributed by atoms with Crippen molar-refractivity contribution in [1.82, 2.24) is 0 Å². The van der Waals surface area contributed by atoms with Crippen LogP contribution in [0, 0.1) is 23.7 Å². The molecule has 304 valence electrons. The number of carboxylic acids is 2. The highest BCUT2D eigenvalue weighted by Crippen LogP contribution is 2.56. The zero-order chi connectivity index (χ0) is 41.3.